The van der Waals surface area contributed by atoms with Crippen LogP contribution in [-0.4, -0.2) is 38.7 Å². The van der Waals surface area contributed by atoms with Crippen molar-refractivity contribution in [3.05, 3.63) is 90.5 Å². The molecule has 0 bridgehead atoms. The van der Waals surface area contributed by atoms with E-state index in [0.29, 0.717) is 5.56 Å². The molecule has 5 rings (SSSR count). The molecule has 0 spiro atoms. The van der Waals surface area contributed by atoms with Gasteiger partial charge in [-0.05, 0) is 31.5 Å². The molecular formula is C31H31Cl4N3O2. The summed E-state index contributed by atoms with van der Waals surface area (Å²) in [6.45, 7) is 5.05. The smallest absolute Gasteiger partial charge is 0.341 e. The first-order chi connectivity index (χ1) is 19.0. The summed E-state index contributed by atoms with van der Waals surface area (Å²) >= 11 is 26.9. The van der Waals surface area contributed by atoms with Gasteiger partial charge in [-0.15, -0.1) is 0 Å². The van der Waals surface area contributed by atoms with E-state index >= 15 is 0 Å². The lowest BCUT2D eigenvalue weighted by molar-refractivity contribution is 0.0255. The van der Waals surface area contributed by atoms with Crippen molar-refractivity contribution < 1.29 is 9.53 Å². The topological polar surface area (TPSA) is 37.7 Å². The van der Waals surface area contributed by atoms with Crippen LogP contribution in [0.3, 0.4) is 0 Å². The molecule has 1 aliphatic rings. The Hall–Kier alpha value is -2.57. The second-order valence-electron chi connectivity index (χ2n) is 10.5. The minimum atomic E-state index is -1.45. The third-order valence-corrected chi connectivity index (χ3v) is 9.55. The molecule has 1 atom stereocenters. The number of fused-ring (bicyclic) bond motifs is 2. The lowest BCUT2D eigenvalue weighted by atomic mass is 9.77. The summed E-state index contributed by atoms with van der Waals surface area (Å²) in [4.78, 5) is 17.9. The maximum atomic E-state index is 13.9. The highest BCUT2D eigenvalue weighted by Gasteiger charge is 2.55. The molecule has 0 fully saturated rings. The van der Waals surface area contributed by atoms with Gasteiger partial charge in [-0.1, -0.05) is 84.0 Å². The Morgan fingerprint density at radius 3 is 2.20 bits per heavy atom. The normalized spacial score (nSPS) is 16.4. The van der Waals surface area contributed by atoms with E-state index < -0.39 is 11.6 Å². The number of unbranched alkanes of at least 4 members (excludes halogenated alkanes) is 1. The molecule has 40 heavy (non-hydrogen) atoms. The van der Waals surface area contributed by atoms with Gasteiger partial charge in [0.05, 0.1) is 25.7 Å². The number of nitrogens with zero attached hydrogens (tertiary/aromatic N) is 3. The summed E-state index contributed by atoms with van der Waals surface area (Å²) in [5, 5.41) is 1.23. The zero-order chi connectivity index (χ0) is 29.1. The highest BCUT2D eigenvalue weighted by atomic mass is 35.5. The minimum absolute atomic E-state index is 0.0257. The van der Waals surface area contributed by atoms with Gasteiger partial charge in [0.2, 0.25) is 0 Å². The summed E-state index contributed by atoms with van der Waals surface area (Å²) in [6.07, 6.45) is 2.04. The molecule has 210 valence electrons. The minimum Gasteiger partial charge on any atom is -0.440 e. The third-order valence-electron chi connectivity index (χ3n) is 7.75. The molecule has 9 heteroatoms. The Balaban J connectivity index is 2.02. The lowest BCUT2D eigenvalue weighted by Crippen LogP contribution is -2.33. The van der Waals surface area contributed by atoms with Crippen LogP contribution in [0.15, 0.2) is 42.5 Å². The highest BCUT2D eigenvalue weighted by Crippen LogP contribution is 2.58. The first kappa shape index (κ1) is 28.9. The van der Waals surface area contributed by atoms with Gasteiger partial charge in [-0.25, -0.2) is 4.79 Å². The van der Waals surface area contributed by atoms with E-state index in [1.807, 2.05) is 62.3 Å². The van der Waals surface area contributed by atoms with E-state index in [2.05, 4.69) is 36.6 Å². The molecule has 0 radical (unpaired) electrons. The van der Waals surface area contributed by atoms with Gasteiger partial charge in [0.25, 0.3) is 0 Å². The molecule has 1 aromatic heterocycles. The van der Waals surface area contributed by atoms with Gasteiger partial charge < -0.3 is 19.1 Å². The van der Waals surface area contributed by atoms with Crippen LogP contribution in [0.25, 0.3) is 10.9 Å². The number of rotatable bonds is 7. The van der Waals surface area contributed by atoms with Gasteiger partial charge in [0.1, 0.15) is 0 Å². The predicted molar refractivity (Wildman–Crippen MR) is 168 cm³/mol. The van der Waals surface area contributed by atoms with Crippen LogP contribution < -0.4 is 9.80 Å². The fraction of sp³-hybridized carbons (Fsp3) is 0.323. The molecule has 2 heterocycles. The highest BCUT2D eigenvalue weighted by molar-refractivity contribution is 6.53. The van der Waals surface area contributed by atoms with E-state index in [0.717, 1.165) is 58.5 Å². The fourth-order valence-corrected chi connectivity index (χ4v) is 6.90. The number of para-hydroxylation sites is 1. The summed E-state index contributed by atoms with van der Waals surface area (Å²) in [5.41, 5.74) is 4.51. The zero-order valence-electron chi connectivity index (χ0n) is 23.3. The number of carbonyl (C=O) groups excluding carboxylic acids is 1. The maximum absolute atomic E-state index is 13.9. The summed E-state index contributed by atoms with van der Waals surface area (Å²) in [6, 6.07) is 14.2. The second kappa shape index (κ2) is 10.7. The molecule has 5 nitrogen and oxygen atoms in total. The fourth-order valence-electron chi connectivity index (χ4n) is 5.84. The Morgan fingerprint density at radius 2 is 1.55 bits per heavy atom. The molecule has 0 amide bonds. The van der Waals surface area contributed by atoms with E-state index in [1.165, 1.54) is 0 Å². The molecule has 0 saturated carbocycles. The van der Waals surface area contributed by atoms with Crippen molar-refractivity contribution in [3.63, 3.8) is 0 Å². The largest absolute Gasteiger partial charge is 0.440 e. The average Bonchev–Trinajstić information content (AvgIpc) is 3.39. The van der Waals surface area contributed by atoms with Crippen LogP contribution >= 0.6 is 46.4 Å². The summed E-state index contributed by atoms with van der Waals surface area (Å²) < 4.78 is 8.87. The van der Waals surface area contributed by atoms with Gasteiger partial charge >= 0.3 is 5.97 Å². The zero-order valence-corrected chi connectivity index (χ0v) is 26.4. The Morgan fingerprint density at radius 1 is 0.875 bits per heavy atom. The van der Waals surface area contributed by atoms with Crippen molar-refractivity contribution in [2.75, 3.05) is 38.0 Å². The number of benzene rings is 3. The van der Waals surface area contributed by atoms with Crippen molar-refractivity contribution in [1.82, 2.24) is 4.57 Å². The lowest BCUT2D eigenvalue weighted by Gasteiger charge is -2.35. The SMILES string of the molecule is CCCCn1c(C)c(C2(c3ccc(N(C)C)cc3N(C)C)OC(=O)c3c(Cl)c(Cl)c(Cl)c(Cl)c32)c2ccccc21. The van der Waals surface area contributed by atoms with Crippen molar-refractivity contribution in [1.29, 1.82) is 0 Å². The van der Waals surface area contributed by atoms with E-state index in [1.54, 1.807) is 0 Å². The molecule has 0 saturated heterocycles. The Bertz CT molecular complexity index is 1660. The van der Waals surface area contributed by atoms with Crippen molar-refractivity contribution in [3.8, 4) is 0 Å². The number of carbonyl (C=O) groups is 1. The van der Waals surface area contributed by atoms with E-state index in [9.17, 15) is 4.79 Å². The second-order valence-corrected chi connectivity index (χ2v) is 12.1. The predicted octanol–water partition coefficient (Wildman–Crippen LogP) is 8.96. The molecular weight excluding hydrogens is 588 g/mol. The number of halogens is 4. The molecule has 1 unspecified atom stereocenters. The average molecular weight is 619 g/mol. The van der Waals surface area contributed by atoms with Gasteiger partial charge in [-0.3, -0.25) is 0 Å². The quantitative estimate of drug-likeness (QED) is 0.118. The van der Waals surface area contributed by atoms with Gasteiger partial charge in [-0.2, -0.15) is 0 Å². The summed E-state index contributed by atoms with van der Waals surface area (Å²) in [7, 11) is 7.90. The Kier molecular flexibility index (Phi) is 7.73. The third kappa shape index (κ3) is 4.16. The molecule has 1 aliphatic heterocycles. The number of esters is 1. The standard InChI is InChI=1S/C31H31Cl4N3O2/c1-7-8-15-38-17(2)24(19-11-9-10-12-21(19)38)31(20-14-13-18(36(3)4)16-22(20)37(5)6)25-23(30(39)40-31)26(32)28(34)29(35)27(25)33/h9-14,16H,7-8,15H2,1-6H3. The number of cyclic esters (lactones) is 1. The van der Waals surface area contributed by atoms with Crippen LogP contribution in [-0.2, 0) is 16.9 Å². The van der Waals surface area contributed by atoms with Crippen LogP contribution in [0.2, 0.25) is 20.1 Å². The van der Waals surface area contributed by atoms with Crippen molar-refractivity contribution in [2.45, 2.75) is 38.8 Å². The van der Waals surface area contributed by atoms with Crippen molar-refractivity contribution >= 4 is 74.7 Å². The molecule has 3 aromatic carbocycles. The summed E-state index contributed by atoms with van der Waals surface area (Å²) in [5.74, 6) is -0.605. The number of aromatic nitrogens is 1. The number of hydrogen-bond donors (Lipinski definition) is 0. The van der Waals surface area contributed by atoms with Crippen molar-refractivity contribution in [2.24, 2.45) is 0 Å². The monoisotopic (exact) mass is 617 g/mol. The van der Waals surface area contributed by atoms with E-state index in [4.69, 9.17) is 51.1 Å². The van der Waals surface area contributed by atoms with Gasteiger partial charge in [0.15, 0.2) is 5.60 Å². The van der Waals surface area contributed by atoms with Crippen LogP contribution in [0.1, 0.15) is 52.5 Å². The maximum Gasteiger partial charge on any atom is 0.341 e. The van der Waals surface area contributed by atoms with Crippen LogP contribution in [0, 0.1) is 6.92 Å². The van der Waals surface area contributed by atoms with Gasteiger partial charge in [0, 0.05) is 79.4 Å². The number of hydrogen-bond acceptors (Lipinski definition) is 4. The molecule has 4 aromatic rings. The first-order valence-electron chi connectivity index (χ1n) is 13.1. The van der Waals surface area contributed by atoms with Crippen LogP contribution in [0.5, 0.6) is 0 Å². The first-order valence-corrected chi connectivity index (χ1v) is 14.7. The molecule has 0 aliphatic carbocycles. The Labute approximate surface area is 255 Å². The number of aryl methyl sites for hydroxylation is 1. The number of anilines is 2. The molecule has 0 N–H and O–H groups in total. The number of ether oxygens (including phenoxy) is 1. The van der Waals surface area contributed by atoms with Crippen LogP contribution in [0.4, 0.5) is 11.4 Å². The van der Waals surface area contributed by atoms with E-state index in [-0.39, 0.29) is 25.7 Å².